The van der Waals surface area contributed by atoms with Crippen molar-refractivity contribution in [3.05, 3.63) is 0 Å². The SMILES string of the molecule is CCCN(CC#N)C1CCOC2(CCCCC2)C1. The highest BCUT2D eigenvalue weighted by Crippen LogP contribution is 2.39. The highest BCUT2D eigenvalue weighted by Gasteiger charge is 2.39. The zero-order valence-corrected chi connectivity index (χ0v) is 11.7. The summed E-state index contributed by atoms with van der Waals surface area (Å²) >= 11 is 0. The van der Waals surface area contributed by atoms with E-state index >= 15 is 0 Å². The normalized spacial score (nSPS) is 27.3. The van der Waals surface area contributed by atoms with E-state index in [-0.39, 0.29) is 5.60 Å². The fourth-order valence-electron chi connectivity index (χ4n) is 3.63. The van der Waals surface area contributed by atoms with E-state index in [0.717, 1.165) is 32.4 Å². The molecular weight excluding hydrogens is 224 g/mol. The fourth-order valence-corrected chi connectivity index (χ4v) is 3.63. The van der Waals surface area contributed by atoms with Crippen molar-refractivity contribution in [1.82, 2.24) is 4.90 Å². The number of rotatable bonds is 4. The van der Waals surface area contributed by atoms with Gasteiger partial charge >= 0.3 is 0 Å². The van der Waals surface area contributed by atoms with Gasteiger partial charge in [-0.2, -0.15) is 5.26 Å². The largest absolute Gasteiger partial charge is 0.375 e. The Balaban J connectivity index is 1.97. The van der Waals surface area contributed by atoms with Crippen LogP contribution in [0, 0.1) is 11.3 Å². The van der Waals surface area contributed by atoms with Crippen LogP contribution in [-0.4, -0.2) is 36.2 Å². The topological polar surface area (TPSA) is 36.3 Å². The second-order valence-electron chi connectivity index (χ2n) is 5.87. The van der Waals surface area contributed by atoms with Gasteiger partial charge in [0.1, 0.15) is 0 Å². The van der Waals surface area contributed by atoms with Crippen molar-refractivity contribution in [3.8, 4) is 6.07 Å². The predicted molar refractivity (Wildman–Crippen MR) is 72.3 cm³/mol. The van der Waals surface area contributed by atoms with E-state index in [1.54, 1.807) is 0 Å². The average Bonchev–Trinajstić information content (AvgIpc) is 2.39. The lowest BCUT2D eigenvalue weighted by Crippen LogP contribution is -2.49. The number of ether oxygens (including phenoxy) is 1. The first-order chi connectivity index (χ1) is 8.79. The van der Waals surface area contributed by atoms with E-state index in [4.69, 9.17) is 10.00 Å². The maximum atomic E-state index is 8.97. The van der Waals surface area contributed by atoms with Gasteiger partial charge in [-0.3, -0.25) is 4.90 Å². The van der Waals surface area contributed by atoms with E-state index < -0.39 is 0 Å². The first-order valence-electron chi connectivity index (χ1n) is 7.54. The highest BCUT2D eigenvalue weighted by molar-refractivity contribution is 4.94. The van der Waals surface area contributed by atoms with Crippen molar-refractivity contribution >= 4 is 0 Å². The van der Waals surface area contributed by atoms with Crippen molar-refractivity contribution in [3.63, 3.8) is 0 Å². The Labute approximate surface area is 111 Å². The van der Waals surface area contributed by atoms with Gasteiger partial charge in [0.05, 0.1) is 18.2 Å². The Bertz CT molecular complexity index is 286. The minimum atomic E-state index is 0.155. The van der Waals surface area contributed by atoms with Crippen molar-refractivity contribution in [2.75, 3.05) is 19.7 Å². The van der Waals surface area contributed by atoms with Crippen LogP contribution in [-0.2, 0) is 4.74 Å². The summed E-state index contributed by atoms with van der Waals surface area (Å²) in [7, 11) is 0. The van der Waals surface area contributed by atoms with Crippen LogP contribution >= 0.6 is 0 Å². The van der Waals surface area contributed by atoms with Crippen molar-refractivity contribution in [2.24, 2.45) is 0 Å². The highest BCUT2D eigenvalue weighted by atomic mass is 16.5. The molecule has 0 aromatic rings. The third kappa shape index (κ3) is 3.24. The molecule has 1 unspecified atom stereocenters. The Morgan fingerprint density at radius 1 is 1.33 bits per heavy atom. The molecule has 1 aliphatic carbocycles. The Morgan fingerprint density at radius 2 is 2.11 bits per heavy atom. The van der Waals surface area contributed by atoms with Gasteiger partial charge in [-0.15, -0.1) is 0 Å². The summed E-state index contributed by atoms with van der Waals surface area (Å²) in [5.74, 6) is 0. The van der Waals surface area contributed by atoms with Crippen molar-refractivity contribution in [1.29, 1.82) is 5.26 Å². The lowest BCUT2D eigenvalue weighted by molar-refractivity contribution is -0.123. The third-order valence-electron chi connectivity index (χ3n) is 4.53. The van der Waals surface area contributed by atoms with Gasteiger partial charge in [-0.05, 0) is 38.6 Å². The molecule has 2 aliphatic rings. The van der Waals surface area contributed by atoms with Crippen LogP contribution < -0.4 is 0 Å². The molecule has 3 heteroatoms. The standard InChI is InChI=1S/C15H26N2O/c1-2-10-17(11-9-16)14-6-12-18-15(13-14)7-4-3-5-8-15/h14H,2-8,10-13H2,1H3. The molecule has 0 radical (unpaired) electrons. The molecule has 2 rings (SSSR count). The Morgan fingerprint density at radius 3 is 2.78 bits per heavy atom. The molecule has 0 bridgehead atoms. The van der Waals surface area contributed by atoms with Gasteiger partial charge < -0.3 is 4.74 Å². The summed E-state index contributed by atoms with van der Waals surface area (Å²) < 4.78 is 6.13. The monoisotopic (exact) mass is 250 g/mol. The molecule has 1 aliphatic heterocycles. The molecule has 0 aromatic carbocycles. The second kappa shape index (κ2) is 6.54. The molecule has 1 atom stereocenters. The average molecular weight is 250 g/mol. The van der Waals surface area contributed by atoms with E-state index in [9.17, 15) is 0 Å². The Hall–Kier alpha value is -0.590. The molecule has 3 nitrogen and oxygen atoms in total. The van der Waals surface area contributed by atoms with E-state index in [1.807, 2.05) is 0 Å². The molecule has 102 valence electrons. The third-order valence-corrected chi connectivity index (χ3v) is 4.53. The van der Waals surface area contributed by atoms with E-state index in [2.05, 4.69) is 17.9 Å². The first kappa shape index (κ1) is 13.8. The molecule has 0 aromatic heterocycles. The van der Waals surface area contributed by atoms with Gasteiger partial charge in [0, 0.05) is 12.6 Å². The molecule has 0 N–H and O–H groups in total. The van der Waals surface area contributed by atoms with Crippen LogP contribution in [0.3, 0.4) is 0 Å². The maximum Gasteiger partial charge on any atom is 0.0868 e. The quantitative estimate of drug-likeness (QED) is 0.719. The molecule has 1 saturated heterocycles. The molecule has 0 amide bonds. The van der Waals surface area contributed by atoms with Crippen molar-refractivity contribution in [2.45, 2.75) is 69.9 Å². The molecule has 2 fully saturated rings. The number of nitriles is 1. The molecule has 1 heterocycles. The van der Waals surface area contributed by atoms with Crippen molar-refractivity contribution < 1.29 is 4.74 Å². The number of nitrogens with zero attached hydrogens (tertiary/aromatic N) is 2. The number of hydrogen-bond acceptors (Lipinski definition) is 3. The van der Waals surface area contributed by atoms with Crippen LogP contribution in [0.5, 0.6) is 0 Å². The van der Waals surface area contributed by atoms with Gasteiger partial charge in [0.15, 0.2) is 0 Å². The summed E-state index contributed by atoms with van der Waals surface area (Å²) in [4.78, 5) is 2.37. The van der Waals surface area contributed by atoms with Crippen LogP contribution in [0.4, 0.5) is 0 Å². The van der Waals surface area contributed by atoms with Gasteiger partial charge in [0.25, 0.3) is 0 Å². The summed E-state index contributed by atoms with van der Waals surface area (Å²) in [5.41, 5.74) is 0.155. The van der Waals surface area contributed by atoms with E-state index in [1.165, 1.54) is 32.1 Å². The summed E-state index contributed by atoms with van der Waals surface area (Å²) in [6.45, 7) is 4.71. The molecule has 1 spiro atoms. The minimum absolute atomic E-state index is 0.155. The summed E-state index contributed by atoms with van der Waals surface area (Å²) in [5, 5.41) is 8.97. The zero-order chi connectivity index (χ0) is 12.8. The first-order valence-corrected chi connectivity index (χ1v) is 7.54. The van der Waals surface area contributed by atoms with Crippen LogP contribution in [0.2, 0.25) is 0 Å². The smallest absolute Gasteiger partial charge is 0.0868 e. The summed E-state index contributed by atoms with van der Waals surface area (Å²) in [6, 6.07) is 2.89. The lowest BCUT2D eigenvalue weighted by Gasteiger charge is -2.46. The maximum absolute atomic E-state index is 8.97. The zero-order valence-electron chi connectivity index (χ0n) is 11.7. The van der Waals surface area contributed by atoms with Gasteiger partial charge in [-0.25, -0.2) is 0 Å². The Kier molecular flexibility index (Phi) is 5.03. The summed E-state index contributed by atoms with van der Waals surface area (Å²) in [6.07, 6.45) is 9.85. The van der Waals surface area contributed by atoms with E-state index in [0.29, 0.717) is 12.6 Å². The lowest BCUT2D eigenvalue weighted by atomic mass is 9.78. The second-order valence-corrected chi connectivity index (χ2v) is 5.87. The predicted octanol–water partition coefficient (Wildman–Crippen LogP) is 3.10. The molecule has 1 saturated carbocycles. The molecular formula is C15H26N2O. The number of hydrogen-bond donors (Lipinski definition) is 0. The van der Waals surface area contributed by atoms with Crippen LogP contribution in [0.1, 0.15) is 58.3 Å². The minimum Gasteiger partial charge on any atom is -0.375 e. The van der Waals surface area contributed by atoms with Crippen LogP contribution in [0.25, 0.3) is 0 Å². The van der Waals surface area contributed by atoms with Gasteiger partial charge in [0.2, 0.25) is 0 Å². The van der Waals surface area contributed by atoms with Gasteiger partial charge in [-0.1, -0.05) is 26.2 Å². The fraction of sp³-hybridized carbons (Fsp3) is 0.933. The molecule has 18 heavy (non-hydrogen) atoms. The van der Waals surface area contributed by atoms with Crippen LogP contribution in [0.15, 0.2) is 0 Å².